The molecule has 0 aliphatic rings. The third kappa shape index (κ3) is 1.81. The Bertz CT molecular complexity index is 669. The van der Waals surface area contributed by atoms with Gasteiger partial charge in [-0.1, -0.05) is 0 Å². The van der Waals surface area contributed by atoms with Crippen molar-refractivity contribution in [2.75, 3.05) is 0 Å². The van der Waals surface area contributed by atoms with Crippen molar-refractivity contribution in [2.24, 2.45) is 11.5 Å². The smallest absolute Gasteiger partial charge is 0.259 e. The number of carbonyl (C=O) groups excluding carboxylic acids is 2. The summed E-state index contributed by atoms with van der Waals surface area (Å²) in [5.41, 5.74) is 15.0. The molecule has 2 aromatic rings. The maximum absolute atomic E-state index is 11.6. The fourth-order valence-corrected chi connectivity index (χ4v) is 3.55. The molecule has 1 heterocycles. The first-order valence-electron chi connectivity index (χ1n) is 5.89. The molecule has 0 fully saturated rings. The van der Waals surface area contributed by atoms with E-state index in [9.17, 15) is 9.59 Å². The Morgan fingerprint density at radius 3 is 1.32 bits per heavy atom. The van der Waals surface area contributed by atoms with Crippen LogP contribution in [0, 0.1) is 27.7 Å². The van der Waals surface area contributed by atoms with Crippen LogP contribution in [0.1, 0.15) is 41.6 Å². The van der Waals surface area contributed by atoms with Gasteiger partial charge in [0.15, 0.2) is 0 Å². The SMILES string of the molecule is Cc1c(C)c(C)c2c(C(N)=O)sc(C(N)=O)c2c1C. The summed E-state index contributed by atoms with van der Waals surface area (Å²) in [6.45, 7) is 7.88. The van der Waals surface area contributed by atoms with Gasteiger partial charge in [-0.15, -0.1) is 11.3 Å². The van der Waals surface area contributed by atoms with Gasteiger partial charge in [0, 0.05) is 10.8 Å². The Hall–Kier alpha value is -1.88. The second kappa shape index (κ2) is 4.35. The van der Waals surface area contributed by atoms with E-state index in [1.54, 1.807) is 0 Å². The summed E-state index contributed by atoms with van der Waals surface area (Å²) in [7, 11) is 0. The third-order valence-electron chi connectivity index (χ3n) is 3.79. The summed E-state index contributed by atoms with van der Waals surface area (Å²) in [6, 6.07) is 0. The quantitative estimate of drug-likeness (QED) is 0.882. The van der Waals surface area contributed by atoms with Crippen molar-refractivity contribution in [1.29, 1.82) is 0 Å². The molecule has 0 atom stereocenters. The van der Waals surface area contributed by atoms with Crippen molar-refractivity contribution >= 4 is 33.9 Å². The van der Waals surface area contributed by atoms with E-state index in [1.165, 1.54) is 0 Å². The summed E-state index contributed by atoms with van der Waals surface area (Å²) < 4.78 is 0. The molecule has 2 amide bonds. The lowest BCUT2D eigenvalue weighted by atomic mass is 9.92. The zero-order valence-corrected chi connectivity index (χ0v) is 12.2. The summed E-state index contributed by atoms with van der Waals surface area (Å²) in [5.74, 6) is -1.04. The Labute approximate surface area is 115 Å². The van der Waals surface area contributed by atoms with Crippen LogP contribution in [0.5, 0.6) is 0 Å². The van der Waals surface area contributed by atoms with Crippen LogP contribution in [-0.2, 0) is 0 Å². The number of aryl methyl sites for hydroxylation is 2. The van der Waals surface area contributed by atoms with Crippen molar-refractivity contribution in [1.82, 2.24) is 0 Å². The van der Waals surface area contributed by atoms with Crippen molar-refractivity contribution in [2.45, 2.75) is 27.7 Å². The summed E-state index contributed by atoms with van der Waals surface area (Å²) in [5, 5.41) is 1.54. The average Bonchev–Trinajstić information content (AvgIpc) is 2.74. The Morgan fingerprint density at radius 1 is 0.737 bits per heavy atom. The zero-order valence-electron chi connectivity index (χ0n) is 11.4. The number of thiophene rings is 1. The number of amides is 2. The second-order valence-electron chi connectivity index (χ2n) is 4.74. The molecule has 2 rings (SSSR count). The predicted octanol–water partition coefficient (Wildman–Crippen LogP) is 2.33. The zero-order chi connectivity index (χ0) is 14.5. The molecule has 19 heavy (non-hydrogen) atoms. The van der Waals surface area contributed by atoms with Crippen LogP contribution in [0.25, 0.3) is 10.8 Å². The van der Waals surface area contributed by atoms with Crippen LogP contribution in [0.15, 0.2) is 0 Å². The molecular formula is C14H16N2O2S. The van der Waals surface area contributed by atoms with E-state index in [4.69, 9.17) is 11.5 Å². The fourth-order valence-electron chi connectivity index (χ4n) is 2.43. The van der Waals surface area contributed by atoms with Crippen molar-refractivity contribution in [3.63, 3.8) is 0 Å². The number of fused-ring (bicyclic) bond motifs is 1. The minimum absolute atomic E-state index is 0.410. The van der Waals surface area contributed by atoms with Gasteiger partial charge in [-0.3, -0.25) is 9.59 Å². The summed E-state index contributed by atoms with van der Waals surface area (Å²) >= 11 is 1.09. The highest BCUT2D eigenvalue weighted by molar-refractivity contribution is 7.18. The van der Waals surface area contributed by atoms with Crippen LogP contribution < -0.4 is 11.5 Å². The largest absolute Gasteiger partial charge is 0.365 e. The lowest BCUT2D eigenvalue weighted by Gasteiger charge is -2.12. The molecule has 4 N–H and O–H groups in total. The molecule has 4 nitrogen and oxygen atoms in total. The van der Waals surface area contributed by atoms with Gasteiger partial charge in [0.05, 0.1) is 0 Å². The molecule has 5 heteroatoms. The van der Waals surface area contributed by atoms with Gasteiger partial charge >= 0.3 is 0 Å². The van der Waals surface area contributed by atoms with Gasteiger partial charge in [-0.05, 0) is 49.9 Å². The van der Waals surface area contributed by atoms with E-state index in [2.05, 4.69) is 0 Å². The number of hydrogen-bond acceptors (Lipinski definition) is 3. The van der Waals surface area contributed by atoms with Crippen molar-refractivity contribution in [3.05, 3.63) is 32.0 Å². The molecule has 0 unspecified atom stereocenters. The van der Waals surface area contributed by atoms with Gasteiger partial charge in [-0.25, -0.2) is 0 Å². The highest BCUT2D eigenvalue weighted by Gasteiger charge is 2.23. The molecule has 0 bridgehead atoms. The van der Waals surface area contributed by atoms with E-state index < -0.39 is 11.8 Å². The van der Waals surface area contributed by atoms with Gasteiger partial charge in [0.2, 0.25) is 0 Å². The topological polar surface area (TPSA) is 86.2 Å². The van der Waals surface area contributed by atoms with Crippen LogP contribution in [-0.4, -0.2) is 11.8 Å². The molecule has 0 spiro atoms. The molecule has 0 saturated heterocycles. The molecule has 1 aromatic carbocycles. The molecular weight excluding hydrogens is 260 g/mol. The van der Waals surface area contributed by atoms with E-state index in [0.29, 0.717) is 9.75 Å². The Morgan fingerprint density at radius 2 is 1.05 bits per heavy atom. The summed E-state index contributed by atoms with van der Waals surface area (Å²) in [4.78, 5) is 24.0. The minimum Gasteiger partial charge on any atom is -0.365 e. The van der Waals surface area contributed by atoms with Crippen molar-refractivity contribution in [3.8, 4) is 0 Å². The lowest BCUT2D eigenvalue weighted by molar-refractivity contribution is 0.0998. The lowest BCUT2D eigenvalue weighted by Crippen LogP contribution is -2.10. The van der Waals surface area contributed by atoms with Crippen LogP contribution in [0.3, 0.4) is 0 Å². The van der Waals surface area contributed by atoms with Gasteiger partial charge in [0.1, 0.15) is 9.75 Å². The number of nitrogens with two attached hydrogens (primary N) is 2. The van der Waals surface area contributed by atoms with E-state index >= 15 is 0 Å². The van der Waals surface area contributed by atoms with E-state index in [1.807, 2.05) is 27.7 Å². The number of benzene rings is 1. The second-order valence-corrected chi connectivity index (χ2v) is 5.76. The molecule has 100 valence electrons. The maximum Gasteiger partial charge on any atom is 0.259 e. The van der Waals surface area contributed by atoms with Gasteiger partial charge in [-0.2, -0.15) is 0 Å². The average molecular weight is 276 g/mol. The third-order valence-corrected chi connectivity index (χ3v) is 5.01. The van der Waals surface area contributed by atoms with Crippen LogP contribution >= 0.6 is 11.3 Å². The Kier molecular flexibility index (Phi) is 3.10. The maximum atomic E-state index is 11.6. The number of carbonyl (C=O) groups is 2. The van der Waals surface area contributed by atoms with Gasteiger partial charge in [0.25, 0.3) is 11.8 Å². The first kappa shape index (κ1) is 13.5. The number of hydrogen-bond donors (Lipinski definition) is 2. The first-order valence-corrected chi connectivity index (χ1v) is 6.71. The summed E-state index contributed by atoms with van der Waals surface area (Å²) in [6.07, 6.45) is 0. The normalized spacial score (nSPS) is 10.9. The molecule has 0 aliphatic heterocycles. The minimum atomic E-state index is -0.520. The van der Waals surface area contributed by atoms with Gasteiger partial charge < -0.3 is 11.5 Å². The number of rotatable bonds is 2. The Balaban J connectivity index is 3.12. The molecule has 1 aromatic heterocycles. The van der Waals surface area contributed by atoms with Crippen LogP contribution in [0.2, 0.25) is 0 Å². The highest BCUT2D eigenvalue weighted by Crippen LogP contribution is 2.38. The molecule has 0 aliphatic carbocycles. The van der Waals surface area contributed by atoms with E-state index in [0.717, 1.165) is 44.4 Å². The fraction of sp³-hybridized carbons (Fsp3) is 0.286. The molecule has 0 saturated carbocycles. The van der Waals surface area contributed by atoms with E-state index in [-0.39, 0.29) is 0 Å². The van der Waals surface area contributed by atoms with Crippen molar-refractivity contribution < 1.29 is 9.59 Å². The number of primary amides is 2. The monoisotopic (exact) mass is 276 g/mol. The highest BCUT2D eigenvalue weighted by atomic mass is 32.1. The molecule has 0 radical (unpaired) electrons. The standard InChI is InChI=1S/C14H16N2O2S/c1-5-6(2)8(4)10-9(7(5)3)11(13(15)17)19-12(10)14(16)18/h1-4H3,(H2,15,17)(H2,16,18). The predicted molar refractivity (Wildman–Crippen MR) is 77.8 cm³/mol. The van der Waals surface area contributed by atoms with Crippen LogP contribution in [0.4, 0.5) is 0 Å². The first-order chi connectivity index (χ1) is 8.77.